The van der Waals surface area contributed by atoms with Crippen molar-refractivity contribution in [2.24, 2.45) is 0 Å². The van der Waals surface area contributed by atoms with E-state index in [-0.39, 0.29) is 17.7 Å². The number of carbonyl (C=O) groups is 2. The van der Waals surface area contributed by atoms with Crippen LogP contribution in [0.2, 0.25) is 0 Å². The Morgan fingerprint density at radius 1 is 1.14 bits per heavy atom. The number of hydrogen-bond acceptors (Lipinski definition) is 4. The van der Waals surface area contributed by atoms with E-state index in [1.807, 2.05) is 25.4 Å². The molecule has 0 radical (unpaired) electrons. The Morgan fingerprint density at radius 3 is 2.48 bits per heavy atom. The number of thiophene rings is 1. The van der Waals surface area contributed by atoms with E-state index in [0.717, 1.165) is 0 Å². The second-order valence-corrected chi connectivity index (χ2v) is 5.70. The monoisotopic (exact) mass is 302 g/mol. The number of ketones is 1. The second-order valence-electron chi connectivity index (χ2n) is 4.75. The minimum Gasteiger partial charge on any atom is -0.350 e. The summed E-state index contributed by atoms with van der Waals surface area (Å²) in [7, 11) is 1.84. The van der Waals surface area contributed by atoms with Crippen molar-refractivity contribution in [3.05, 3.63) is 57.8 Å². The molecule has 2 aromatic rings. The van der Waals surface area contributed by atoms with Gasteiger partial charge in [0.15, 0.2) is 0 Å². The molecule has 2 rings (SSSR count). The molecule has 0 fully saturated rings. The summed E-state index contributed by atoms with van der Waals surface area (Å²) in [5.41, 5.74) is 0.855. The first kappa shape index (κ1) is 15.4. The van der Waals surface area contributed by atoms with E-state index in [4.69, 9.17) is 0 Å². The number of likely N-dealkylation sites (N-methyl/N-ethyl adjacent to an activating group) is 1. The molecule has 0 bridgehead atoms. The van der Waals surface area contributed by atoms with Crippen molar-refractivity contribution in [2.75, 3.05) is 13.6 Å². The van der Waals surface area contributed by atoms with Crippen LogP contribution < -0.4 is 10.6 Å². The standard InChI is InChI=1S/C16H18N2O2S/c1-11(17-2)10-18-16(20)13-7-4-3-6-12(13)15(19)14-8-5-9-21-14/h3-9,11,17H,10H2,1-2H3,(H,18,20). The van der Waals surface area contributed by atoms with Crippen molar-refractivity contribution >= 4 is 23.0 Å². The molecule has 0 saturated heterocycles. The van der Waals surface area contributed by atoms with E-state index < -0.39 is 0 Å². The number of rotatable bonds is 6. The highest BCUT2D eigenvalue weighted by atomic mass is 32.1. The minimum absolute atomic E-state index is 0.114. The molecule has 1 atom stereocenters. The maximum absolute atomic E-state index is 12.4. The summed E-state index contributed by atoms with van der Waals surface area (Å²) in [6.07, 6.45) is 0. The Hall–Kier alpha value is -1.98. The van der Waals surface area contributed by atoms with Gasteiger partial charge in [-0.3, -0.25) is 9.59 Å². The van der Waals surface area contributed by atoms with Crippen LogP contribution >= 0.6 is 11.3 Å². The molecule has 4 nitrogen and oxygen atoms in total. The summed E-state index contributed by atoms with van der Waals surface area (Å²) < 4.78 is 0. The Labute approximate surface area is 128 Å². The summed E-state index contributed by atoms with van der Waals surface area (Å²) >= 11 is 1.38. The summed E-state index contributed by atoms with van der Waals surface area (Å²) in [6, 6.07) is 10.7. The van der Waals surface area contributed by atoms with Crippen LogP contribution in [0.5, 0.6) is 0 Å². The number of benzene rings is 1. The molecular weight excluding hydrogens is 284 g/mol. The first-order chi connectivity index (χ1) is 10.1. The maximum Gasteiger partial charge on any atom is 0.252 e. The van der Waals surface area contributed by atoms with Gasteiger partial charge in [0.05, 0.1) is 10.4 Å². The highest BCUT2D eigenvalue weighted by molar-refractivity contribution is 7.12. The first-order valence-electron chi connectivity index (χ1n) is 6.76. The SMILES string of the molecule is CNC(C)CNC(=O)c1ccccc1C(=O)c1cccs1. The average molecular weight is 302 g/mol. The molecule has 0 spiro atoms. The fourth-order valence-electron chi connectivity index (χ4n) is 1.86. The van der Waals surface area contributed by atoms with E-state index >= 15 is 0 Å². The van der Waals surface area contributed by atoms with Crippen molar-refractivity contribution in [3.63, 3.8) is 0 Å². The quantitative estimate of drug-likeness (QED) is 0.805. The van der Waals surface area contributed by atoms with Crippen LogP contribution in [0.3, 0.4) is 0 Å². The normalized spacial score (nSPS) is 11.9. The van der Waals surface area contributed by atoms with Crippen LogP contribution in [0.15, 0.2) is 41.8 Å². The van der Waals surface area contributed by atoms with Crippen molar-refractivity contribution < 1.29 is 9.59 Å². The van der Waals surface area contributed by atoms with Gasteiger partial charge in [0.2, 0.25) is 5.78 Å². The molecule has 21 heavy (non-hydrogen) atoms. The lowest BCUT2D eigenvalue weighted by Gasteiger charge is -2.13. The number of hydrogen-bond donors (Lipinski definition) is 2. The van der Waals surface area contributed by atoms with Gasteiger partial charge in [-0.25, -0.2) is 0 Å². The third-order valence-corrected chi connectivity index (χ3v) is 4.09. The predicted molar refractivity (Wildman–Crippen MR) is 85.0 cm³/mol. The number of carbonyl (C=O) groups excluding carboxylic acids is 2. The largest absolute Gasteiger partial charge is 0.350 e. The summed E-state index contributed by atoms with van der Waals surface area (Å²) in [5, 5.41) is 7.74. The lowest BCUT2D eigenvalue weighted by atomic mass is 10.0. The first-order valence-corrected chi connectivity index (χ1v) is 7.64. The zero-order valence-corrected chi connectivity index (χ0v) is 12.9. The molecular formula is C16H18N2O2S. The summed E-state index contributed by atoms with van der Waals surface area (Å²) in [6.45, 7) is 2.49. The fraction of sp³-hybridized carbons (Fsp3) is 0.250. The number of amides is 1. The van der Waals surface area contributed by atoms with Gasteiger partial charge in [-0.05, 0) is 31.5 Å². The van der Waals surface area contributed by atoms with Gasteiger partial charge in [-0.15, -0.1) is 11.3 Å². The molecule has 0 aliphatic rings. The van der Waals surface area contributed by atoms with Crippen LogP contribution in [0.1, 0.15) is 32.5 Å². The molecule has 0 aliphatic carbocycles. The smallest absolute Gasteiger partial charge is 0.252 e. The zero-order valence-electron chi connectivity index (χ0n) is 12.1. The molecule has 2 N–H and O–H groups in total. The predicted octanol–water partition coefficient (Wildman–Crippen LogP) is 2.32. The zero-order chi connectivity index (χ0) is 15.2. The van der Waals surface area contributed by atoms with E-state index in [1.54, 1.807) is 30.3 Å². The Bertz CT molecular complexity index is 623. The van der Waals surface area contributed by atoms with Crippen molar-refractivity contribution in [1.82, 2.24) is 10.6 Å². The Kier molecular flexibility index (Phi) is 5.25. The fourth-order valence-corrected chi connectivity index (χ4v) is 2.54. The van der Waals surface area contributed by atoms with Crippen molar-refractivity contribution in [3.8, 4) is 0 Å². The average Bonchev–Trinajstić information content (AvgIpc) is 3.05. The molecule has 110 valence electrons. The third-order valence-electron chi connectivity index (χ3n) is 3.22. The van der Waals surface area contributed by atoms with Crippen LogP contribution in [-0.4, -0.2) is 31.3 Å². The van der Waals surface area contributed by atoms with Crippen LogP contribution in [0.4, 0.5) is 0 Å². The van der Waals surface area contributed by atoms with E-state index in [2.05, 4.69) is 10.6 Å². The molecule has 1 aromatic heterocycles. The summed E-state index contributed by atoms with van der Waals surface area (Å²) in [4.78, 5) is 25.4. The van der Waals surface area contributed by atoms with Gasteiger partial charge in [-0.2, -0.15) is 0 Å². The lowest BCUT2D eigenvalue weighted by molar-refractivity contribution is 0.0940. The molecule has 1 amide bonds. The van der Waals surface area contributed by atoms with Gasteiger partial charge in [0, 0.05) is 18.2 Å². The van der Waals surface area contributed by atoms with E-state index in [1.165, 1.54) is 11.3 Å². The molecule has 1 aromatic carbocycles. The van der Waals surface area contributed by atoms with Gasteiger partial charge >= 0.3 is 0 Å². The second kappa shape index (κ2) is 7.15. The summed E-state index contributed by atoms with van der Waals surface area (Å²) in [5.74, 6) is -0.338. The Balaban J connectivity index is 2.21. The highest BCUT2D eigenvalue weighted by Crippen LogP contribution is 2.18. The third kappa shape index (κ3) is 3.77. The van der Waals surface area contributed by atoms with E-state index in [9.17, 15) is 9.59 Å². The Morgan fingerprint density at radius 2 is 1.86 bits per heavy atom. The topological polar surface area (TPSA) is 58.2 Å². The van der Waals surface area contributed by atoms with Crippen LogP contribution in [0, 0.1) is 0 Å². The molecule has 5 heteroatoms. The van der Waals surface area contributed by atoms with Crippen LogP contribution in [0.25, 0.3) is 0 Å². The highest BCUT2D eigenvalue weighted by Gasteiger charge is 2.18. The van der Waals surface area contributed by atoms with Gasteiger partial charge < -0.3 is 10.6 Å². The van der Waals surface area contributed by atoms with Crippen molar-refractivity contribution in [2.45, 2.75) is 13.0 Å². The molecule has 1 heterocycles. The van der Waals surface area contributed by atoms with E-state index in [0.29, 0.717) is 22.5 Å². The molecule has 1 unspecified atom stereocenters. The van der Waals surface area contributed by atoms with Gasteiger partial charge in [0.1, 0.15) is 0 Å². The van der Waals surface area contributed by atoms with Gasteiger partial charge in [0.25, 0.3) is 5.91 Å². The van der Waals surface area contributed by atoms with Crippen molar-refractivity contribution in [1.29, 1.82) is 0 Å². The molecule has 0 aliphatic heterocycles. The lowest BCUT2D eigenvalue weighted by Crippen LogP contribution is -2.37. The number of nitrogens with one attached hydrogen (secondary N) is 2. The minimum atomic E-state index is -0.224. The van der Waals surface area contributed by atoms with Crippen LogP contribution in [-0.2, 0) is 0 Å². The molecule has 0 saturated carbocycles. The van der Waals surface area contributed by atoms with Gasteiger partial charge in [-0.1, -0.05) is 24.3 Å². The maximum atomic E-state index is 12.4.